The molecule has 0 unspecified atom stereocenters. The minimum Gasteiger partial charge on any atom is -0.417 e. The van der Waals surface area contributed by atoms with Crippen molar-refractivity contribution in [3.05, 3.63) is 0 Å². The van der Waals surface area contributed by atoms with Crippen LogP contribution in [0.1, 0.15) is 41.5 Å². The van der Waals surface area contributed by atoms with E-state index in [0.29, 0.717) is 0 Å². The van der Waals surface area contributed by atoms with Crippen LogP contribution in [-0.2, 0) is 13.3 Å². The Kier molecular flexibility index (Phi) is 9.42. The van der Waals surface area contributed by atoms with Crippen molar-refractivity contribution >= 4 is 16.9 Å². The molecule has 0 rings (SSSR count). The lowest BCUT2D eigenvalue weighted by molar-refractivity contribution is 0.185. The Hall–Kier alpha value is 0.314. The molecule has 0 amide bonds. The molecule has 0 saturated carbocycles. The van der Waals surface area contributed by atoms with Gasteiger partial charge in [0.25, 0.3) is 0 Å². The van der Waals surface area contributed by atoms with Crippen molar-refractivity contribution in [2.75, 3.05) is 19.8 Å². The molecule has 0 heterocycles. The molecule has 0 aromatic carbocycles. The highest BCUT2D eigenvalue weighted by Crippen LogP contribution is 2.31. The van der Waals surface area contributed by atoms with Gasteiger partial charge in [0, 0.05) is 25.5 Å². The first-order valence-electron chi connectivity index (χ1n) is 7.49. The van der Waals surface area contributed by atoms with E-state index in [1.54, 1.807) is 0 Å². The van der Waals surface area contributed by atoms with Gasteiger partial charge in [-0.2, -0.15) is 0 Å². The van der Waals surface area contributed by atoms with Crippen molar-refractivity contribution in [3.8, 4) is 0 Å². The summed E-state index contributed by atoms with van der Waals surface area (Å²) in [5.41, 5.74) is 1.08. The minimum absolute atomic E-state index is 0.754. The SMILES string of the molecule is CCO[Si](CC)(CC)C[Si](CC)(OCC)OCC. The van der Waals surface area contributed by atoms with E-state index < -0.39 is 16.9 Å². The van der Waals surface area contributed by atoms with Crippen LogP contribution < -0.4 is 0 Å². The summed E-state index contributed by atoms with van der Waals surface area (Å²) < 4.78 is 18.4. The highest BCUT2D eigenvalue weighted by atomic mass is 28.4. The zero-order chi connectivity index (χ0) is 14.1. The lowest BCUT2D eigenvalue weighted by Gasteiger charge is -2.37. The topological polar surface area (TPSA) is 27.7 Å². The Morgan fingerprint density at radius 2 is 1.06 bits per heavy atom. The third-order valence-electron chi connectivity index (χ3n) is 3.68. The Morgan fingerprint density at radius 1 is 0.611 bits per heavy atom. The fraction of sp³-hybridized carbons (Fsp3) is 1.00. The average Bonchev–Trinajstić information content (AvgIpc) is 2.38. The minimum atomic E-state index is -2.05. The van der Waals surface area contributed by atoms with Crippen LogP contribution in [0, 0.1) is 0 Å². The molecule has 0 aromatic heterocycles. The molecule has 0 bridgehead atoms. The van der Waals surface area contributed by atoms with Crippen LogP contribution >= 0.6 is 0 Å². The molecule has 0 spiro atoms. The third kappa shape index (κ3) is 5.13. The highest BCUT2D eigenvalue weighted by Gasteiger charge is 2.46. The molecule has 0 atom stereocenters. The average molecular weight is 293 g/mol. The molecule has 18 heavy (non-hydrogen) atoms. The Balaban J connectivity index is 4.98. The van der Waals surface area contributed by atoms with Crippen LogP contribution in [0.5, 0.6) is 0 Å². The van der Waals surface area contributed by atoms with Gasteiger partial charge in [-0.3, -0.25) is 0 Å². The first-order valence-corrected chi connectivity index (χ1v) is 12.2. The van der Waals surface area contributed by atoms with E-state index in [1.807, 2.05) is 0 Å². The maximum atomic E-state index is 6.19. The summed E-state index contributed by atoms with van der Waals surface area (Å²) in [6, 6.07) is 3.34. The summed E-state index contributed by atoms with van der Waals surface area (Å²) >= 11 is 0. The van der Waals surface area contributed by atoms with Gasteiger partial charge in [-0.05, 0) is 38.9 Å². The van der Waals surface area contributed by atoms with Gasteiger partial charge >= 0.3 is 8.56 Å². The van der Waals surface area contributed by atoms with Crippen LogP contribution in [0.2, 0.25) is 23.8 Å². The lowest BCUT2D eigenvalue weighted by Crippen LogP contribution is -2.52. The standard InChI is InChI=1S/C13H32O3Si2/c1-7-14-17(10-4,11-5)13-18(12-6,15-8-2)16-9-3/h7-13H2,1-6H3. The van der Waals surface area contributed by atoms with Crippen molar-refractivity contribution in [3.63, 3.8) is 0 Å². The Bertz CT molecular complexity index is 202. The van der Waals surface area contributed by atoms with E-state index in [1.165, 1.54) is 0 Å². The second-order valence-corrected chi connectivity index (χ2v) is 13.2. The van der Waals surface area contributed by atoms with Crippen molar-refractivity contribution < 1.29 is 13.3 Å². The molecule has 3 nitrogen and oxygen atoms in total. The van der Waals surface area contributed by atoms with Gasteiger partial charge < -0.3 is 13.3 Å². The van der Waals surface area contributed by atoms with Gasteiger partial charge in [0.05, 0.1) is 0 Å². The van der Waals surface area contributed by atoms with Crippen molar-refractivity contribution in [1.29, 1.82) is 0 Å². The van der Waals surface area contributed by atoms with Gasteiger partial charge in [-0.1, -0.05) is 20.8 Å². The smallest absolute Gasteiger partial charge is 0.337 e. The van der Waals surface area contributed by atoms with Crippen LogP contribution in [0.3, 0.4) is 0 Å². The van der Waals surface area contributed by atoms with Gasteiger partial charge in [0.2, 0.25) is 0 Å². The molecular weight excluding hydrogens is 260 g/mol. The Labute approximate surface area is 116 Å². The third-order valence-corrected chi connectivity index (χ3v) is 14.6. The molecule has 0 aliphatic heterocycles. The van der Waals surface area contributed by atoms with Crippen molar-refractivity contribution in [2.24, 2.45) is 0 Å². The Morgan fingerprint density at radius 3 is 1.33 bits per heavy atom. The maximum absolute atomic E-state index is 6.19. The quantitative estimate of drug-likeness (QED) is 0.537. The van der Waals surface area contributed by atoms with Crippen LogP contribution in [0.15, 0.2) is 0 Å². The normalized spacial score (nSPS) is 13.0. The van der Waals surface area contributed by atoms with Crippen LogP contribution in [-0.4, -0.2) is 36.7 Å². The molecule has 0 aliphatic rings. The summed E-state index contributed by atoms with van der Waals surface area (Å²) in [6.45, 7) is 15.3. The molecule has 0 aromatic rings. The van der Waals surface area contributed by atoms with Crippen LogP contribution in [0.25, 0.3) is 0 Å². The van der Waals surface area contributed by atoms with Crippen LogP contribution in [0.4, 0.5) is 0 Å². The summed E-state index contributed by atoms with van der Waals surface area (Å²) in [7, 11) is -3.71. The summed E-state index contributed by atoms with van der Waals surface area (Å²) in [4.78, 5) is 0. The monoisotopic (exact) mass is 292 g/mol. The molecule has 5 heteroatoms. The van der Waals surface area contributed by atoms with E-state index in [0.717, 1.165) is 43.6 Å². The number of rotatable bonds is 11. The van der Waals surface area contributed by atoms with Gasteiger partial charge in [0.1, 0.15) is 0 Å². The summed E-state index contributed by atoms with van der Waals surface area (Å²) in [5, 5.41) is 0. The first-order chi connectivity index (χ1) is 8.57. The lowest BCUT2D eigenvalue weighted by atomic mass is 10.9. The van der Waals surface area contributed by atoms with Crippen molar-refractivity contribution in [2.45, 2.75) is 65.3 Å². The first kappa shape index (κ1) is 18.3. The fourth-order valence-corrected chi connectivity index (χ4v) is 13.8. The molecule has 0 fully saturated rings. The zero-order valence-corrected chi connectivity index (χ0v) is 15.2. The predicted molar refractivity (Wildman–Crippen MR) is 82.6 cm³/mol. The molecule has 0 N–H and O–H groups in total. The fourth-order valence-electron chi connectivity index (χ4n) is 2.55. The number of hydrogen-bond donors (Lipinski definition) is 0. The van der Waals surface area contributed by atoms with Gasteiger partial charge in [-0.15, -0.1) is 0 Å². The zero-order valence-electron chi connectivity index (χ0n) is 13.2. The van der Waals surface area contributed by atoms with Gasteiger partial charge in [-0.25, -0.2) is 0 Å². The summed E-state index contributed by atoms with van der Waals surface area (Å²) in [6.07, 6.45) is 0. The molecule has 110 valence electrons. The predicted octanol–water partition coefficient (Wildman–Crippen LogP) is 4.08. The number of hydrogen-bond acceptors (Lipinski definition) is 3. The van der Waals surface area contributed by atoms with E-state index >= 15 is 0 Å². The van der Waals surface area contributed by atoms with E-state index in [2.05, 4.69) is 41.5 Å². The molecular formula is C13H32O3Si2. The second kappa shape index (κ2) is 9.25. The second-order valence-electron chi connectivity index (χ2n) is 4.63. The van der Waals surface area contributed by atoms with E-state index in [-0.39, 0.29) is 0 Å². The largest absolute Gasteiger partial charge is 0.417 e. The molecule has 0 aliphatic carbocycles. The van der Waals surface area contributed by atoms with E-state index in [4.69, 9.17) is 13.3 Å². The van der Waals surface area contributed by atoms with E-state index in [9.17, 15) is 0 Å². The van der Waals surface area contributed by atoms with Crippen molar-refractivity contribution in [1.82, 2.24) is 0 Å². The molecule has 0 saturated heterocycles. The highest BCUT2D eigenvalue weighted by molar-refractivity contribution is 6.89. The van der Waals surface area contributed by atoms with Gasteiger partial charge in [0.15, 0.2) is 8.32 Å². The molecule has 0 radical (unpaired) electrons. The summed E-state index contributed by atoms with van der Waals surface area (Å²) in [5.74, 6) is 0. The maximum Gasteiger partial charge on any atom is 0.337 e.